The SMILES string of the molecule is Cc1nn(C)c(C)c1/C=N\NC(=O)c1ccccc1Cl. The number of nitrogens with zero attached hydrogens (tertiary/aromatic N) is 3. The van der Waals surface area contributed by atoms with Crippen LogP contribution >= 0.6 is 11.6 Å². The first-order chi connectivity index (χ1) is 9.50. The predicted octanol–water partition coefficient (Wildman–Crippen LogP) is 2.45. The molecular weight excluding hydrogens is 276 g/mol. The van der Waals surface area contributed by atoms with E-state index < -0.39 is 0 Å². The highest BCUT2D eigenvalue weighted by molar-refractivity contribution is 6.33. The average Bonchev–Trinajstić information content (AvgIpc) is 2.65. The van der Waals surface area contributed by atoms with Crippen molar-refractivity contribution in [1.82, 2.24) is 15.2 Å². The van der Waals surface area contributed by atoms with Crippen LogP contribution in [0.1, 0.15) is 27.3 Å². The van der Waals surface area contributed by atoms with E-state index in [2.05, 4.69) is 15.6 Å². The van der Waals surface area contributed by atoms with Crippen molar-refractivity contribution in [2.75, 3.05) is 0 Å². The first kappa shape index (κ1) is 14.3. The highest BCUT2D eigenvalue weighted by Gasteiger charge is 2.09. The van der Waals surface area contributed by atoms with E-state index in [0.717, 1.165) is 17.0 Å². The van der Waals surface area contributed by atoms with Gasteiger partial charge >= 0.3 is 0 Å². The van der Waals surface area contributed by atoms with Crippen LogP contribution in [-0.4, -0.2) is 21.9 Å². The van der Waals surface area contributed by atoms with Gasteiger partial charge in [-0.15, -0.1) is 0 Å². The number of carbonyl (C=O) groups excluding carboxylic acids is 1. The molecule has 1 amide bonds. The summed E-state index contributed by atoms with van der Waals surface area (Å²) in [7, 11) is 1.86. The number of benzene rings is 1. The van der Waals surface area contributed by atoms with Gasteiger partial charge in [-0.25, -0.2) is 5.43 Å². The van der Waals surface area contributed by atoms with E-state index >= 15 is 0 Å². The van der Waals surface area contributed by atoms with Crippen LogP contribution in [0.4, 0.5) is 0 Å². The van der Waals surface area contributed by atoms with Gasteiger partial charge in [0.2, 0.25) is 0 Å². The van der Waals surface area contributed by atoms with E-state index in [1.54, 1.807) is 35.2 Å². The molecule has 2 aromatic rings. The molecular formula is C14H15ClN4O. The van der Waals surface area contributed by atoms with Crippen LogP contribution < -0.4 is 5.43 Å². The van der Waals surface area contributed by atoms with Crippen LogP contribution in [0.15, 0.2) is 29.4 Å². The molecule has 0 unspecified atom stereocenters. The van der Waals surface area contributed by atoms with Crippen molar-refractivity contribution < 1.29 is 4.79 Å². The fraction of sp³-hybridized carbons (Fsp3) is 0.214. The van der Waals surface area contributed by atoms with Gasteiger partial charge in [-0.3, -0.25) is 9.48 Å². The van der Waals surface area contributed by atoms with Crippen LogP contribution in [0, 0.1) is 13.8 Å². The monoisotopic (exact) mass is 290 g/mol. The van der Waals surface area contributed by atoms with E-state index in [0.29, 0.717) is 10.6 Å². The Bertz CT molecular complexity index is 676. The number of hydrazone groups is 1. The van der Waals surface area contributed by atoms with Crippen molar-refractivity contribution in [3.05, 3.63) is 51.8 Å². The van der Waals surface area contributed by atoms with Crippen molar-refractivity contribution in [2.45, 2.75) is 13.8 Å². The molecule has 20 heavy (non-hydrogen) atoms. The average molecular weight is 291 g/mol. The Labute approximate surface area is 122 Å². The van der Waals surface area contributed by atoms with Gasteiger partial charge in [0.25, 0.3) is 5.91 Å². The topological polar surface area (TPSA) is 59.3 Å². The summed E-state index contributed by atoms with van der Waals surface area (Å²) < 4.78 is 1.77. The zero-order chi connectivity index (χ0) is 14.7. The largest absolute Gasteiger partial charge is 0.272 e. The molecule has 0 saturated carbocycles. The first-order valence-electron chi connectivity index (χ1n) is 6.09. The Morgan fingerprint density at radius 1 is 1.40 bits per heavy atom. The third-order valence-electron chi connectivity index (χ3n) is 3.04. The van der Waals surface area contributed by atoms with Gasteiger partial charge < -0.3 is 0 Å². The molecule has 1 aromatic heterocycles. The lowest BCUT2D eigenvalue weighted by molar-refractivity contribution is 0.0955. The highest BCUT2D eigenvalue weighted by Crippen LogP contribution is 2.14. The Kier molecular flexibility index (Phi) is 4.20. The molecule has 0 bridgehead atoms. The van der Waals surface area contributed by atoms with Crippen molar-refractivity contribution in [1.29, 1.82) is 0 Å². The maximum Gasteiger partial charge on any atom is 0.272 e. The number of amides is 1. The molecule has 0 radical (unpaired) electrons. The second-order valence-electron chi connectivity index (χ2n) is 4.39. The summed E-state index contributed by atoms with van der Waals surface area (Å²) in [5.74, 6) is -0.342. The van der Waals surface area contributed by atoms with E-state index in [1.807, 2.05) is 20.9 Å². The smallest absolute Gasteiger partial charge is 0.272 e. The highest BCUT2D eigenvalue weighted by atomic mass is 35.5. The summed E-state index contributed by atoms with van der Waals surface area (Å²) in [6.07, 6.45) is 1.59. The third-order valence-corrected chi connectivity index (χ3v) is 3.37. The summed E-state index contributed by atoms with van der Waals surface area (Å²) in [6.45, 7) is 3.83. The zero-order valence-corrected chi connectivity index (χ0v) is 12.3. The van der Waals surface area contributed by atoms with Crippen LogP contribution in [0.3, 0.4) is 0 Å². The summed E-state index contributed by atoms with van der Waals surface area (Å²) >= 11 is 5.94. The summed E-state index contributed by atoms with van der Waals surface area (Å²) in [5.41, 5.74) is 5.60. The van der Waals surface area contributed by atoms with Crippen molar-refractivity contribution in [3.8, 4) is 0 Å². The number of rotatable bonds is 3. The second-order valence-corrected chi connectivity index (χ2v) is 4.79. The van der Waals surface area contributed by atoms with Gasteiger partial charge in [0, 0.05) is 18.3 Å². The minimum atomic E-state index is -0.342. The van der Waals surface area contributed by atoms with Gasteiger partial charge in [0.05, 0.1) is 22.5 Å². The maximum absolute atomic E-state index is 11.9. The van der Waals surface area contributed by atoms with Gasteiger partial charge in [-0.2, -0.15) is 10.2 Å². The standard InChI is InChI=1S/C14H15ClN4O/c1-9-12(10(2)19(3)18-9)8-16-17-14(20)11-6-4-5-7-13(11)15/h4-8H,1-3H3,(H,17,20)/b16-8-. The molecule has 2 rings (SSSR count). The summed E-state index contributed by atoms with van der Waals surface area (Å²) in [4.78, 5) is 11.9. The van der Waals surface area contributed by atoms with Gasteiger partial charge in [0.15, 0.2) is 0 Å². The van der Waals surface area contributed by atoms with Crippen molar-refractivity contribution >= 4 is 23.7 Å². The summed E-state index contributed by atoms with van der Waals surface area (Å²) in [6, 6.07) is 6.83. The lowest BCUT2D eigenvalue weighted by atomic mass is 10.2. The number of hydrogen-bond acceptors (Lipinski definition) is 3. The van der Waals surface area contributed by atoms with E-state index in [9.17, 15) is 4.79 Å². The molecule has 104 valence electrons. The molecule has 1 aromatic carbocycles. The van der Waals surface area contributed by atoms with Crippen LogP contribution in [0.2, 0.25) is 5.02 Å². The fourth-order valence-corrected chi connectivity index (χ4v) is 2.06. The van der Waals surface area contributed by atoms with E-state index in [4.69, 9.17) is 11.6 Å². The zero-order valence-electron chi connectivity index (χ0n) is 11.5. The van der Waals surface area contributed by atoms with Crippen molar-refractivity contribution in [3.63, 3.8) is 0 Å². The predicted molar refractivity (Wildman–Crippen MR) is 79.2 cm³/mol. The van der Waals surface area contributed by atoms with Crippen LogP contribution in [-0.2, 0) is 7.05 Å². The van der Waals surface area contributed by atoms with Gasteiger partial charge in [0.1, 0.15) is 0 Å². The van der Waals surface area contributed by atoms with Crippen LogP contribution in [0.5, 0.6) is 0 Å². The first-order valence-corrected chi connectivity index (χ1v) is 6.46. The molecule has 0 atom stereocenters. The second kappa shape index (κ2) is 5.88. The number of carbonyl (C=O) groups is 1. The molecule has 0 fully saturated rings. The fourth-order valence-electron chi connectivity index (χ4n) is 1.84. The van der Waals surface area contributed by atoms with Crippen LogP contribution in [0.25, 0.3) is 0 Å². The Hall–Kier alpha value is -2.14. The van der Waals surface area contributed by atoms with Crippen molar-refractivity contribution in [2.24, 2.45) is 12.1 Å². The number of nitrogens with one attached hydrogen (secondary N) is 1. The number of halogens is 1. The minimum absolute atomic E-state index is 0.342. The molecule has 0 saturated heterocycles. The molecule has 0 aliphatic rings. The Morgan fingerprint density at radius 2 is 2.10 bits per heavy atom. The number of hydrogen-bond donors (Lipinski definition) is 1. The molecule has 5 nitrogen and oxygen atoms in total. The Balaban J connectivity index is 2.11. The Morgan fingerprint density at radius 3 is 2.70 bits per heavy atom. The normalized spacial score (nSPS) is 11.0. The molecule has 0 spiro atoms. The maximum atomic E-state index is 11.9. The van der Waals surface area contributed by atoms with E-state index in [1.165, 1.54) is 0 Å². The number of aromatic nitrogens is 2. The molecule has 0 aliphatic heterocycles. The van der Waals surface area contributed by atoms with Gasteiger partial charge in [-0.1, -0.05) is 23.7 Å². The van der Waals surface area contributed by atoms with Gasteiger partial charge in [-0.05, 0) is 26.0 Å². The lowest BCUT2D eigenvalue weighted by Gasteiger charge is -2.01. The van der Waals surface area contributed by atoms with E-state index in [-0.39, 0.29) is 5.91 Å². The quantitative estimate of drug-likeness (QED) is 0.697. The molecule has 0 aliphatic carbocycles. The molecule has 6 heteroatoms. The molecule has 1 N–H and O–H groups in total. The summed E-state index contributed by atoms with van der Waals surface area (Å²) in [5, 5.41) is 8.63. The minimum Gasteiger partial charge on any atom is -0.272 e. The number of aryl methyl sites for hydroxylation is 2. The lowest BCUT2D eigenvalue weighted by Crippen LogP contribution is -2.18. The third kappa shape index (κ3) is 2.88. The molecule has 1 heterocycles.